The van der Waals surface area contributed by atoms with Crippen molar-refractivity contribution in [3.05, 3.63) is 10.6 Å². The molecule has 1 aliphatic heterocycles. The van der Waals surface area contributed by atoms with Gasteiger partial charge in [0.2, 0.25) is 11.8 Å². The number of nitrogens with one attached hydrogen (secondary N) is 2. The molecule has 1 fully saturated rings. The van der Waals surface area contributed by atoms with Crippen LogP contribution in [0.15, 0.2) is 0 Å². The zero-order valence-corrected chi connectivity index (χ0v) is 16.4. The van der Waals surface area contributed by atoms with Gasteiger partial charge in [-0.05, 0) is 25.2 Å². The van der Waals surface area contributed by atoms with Gasteiger partial charge in [-0.15, -0.1) is 11.3 Å². The lowest BCUT2D eigenvalue weighted by Crippen LogP contribution is -2.37. The summed E-state index contributed by atoms with van der Waals surface area (Å²) in [5.74, 6) is -2.00. The molecule has 1 aliphatic carbocycles. The summed E-state index contributed by atoms with van der Waals surface area (Å²) in [5.41, 5.74) is 0.535. The SMILES string of the molecule is CCOC(=O)C1CCc2sc(NC(=O)C3C(=O)NCC3C(C)(C)C)nc21. The maximum Gasteiger partial charge on any atom is 0.315 e. The molecule has 0 saturated carbocycles. The zero-order chi connectivity index (χ0) is 19.1. The fourth-order valence-electron chi connectivity index (χ4n) is 3.67. The molecule has 1 aromatic heterocycles. The molecule has 8 heteroatoms. The number of amides is 2. The molecule has 0 bridgehead atoms. The molecule has 1 saturated heterocycles. The number of aromatic nitrogens is 1. The Labute approximate surface area is 156 Å². The Hall–Kier alpha value is -1.96. The minimum atomic E-state index is -0.727. The molecule has 2 heterocycles. The molecule has 3 unspecified atom stereocenters. The van der Waals surface area contributed by atoms with E-state index >= 15 is 0 Å². The summed E-state index contributed by atoms with van der Waals surface area (Å²) < 4.78 is 5.11. The second-order valence-electron chi connectivity index (χ2n) is 7.86. The first kappa shape index (κ1) is 18.8. The monoisotopic (exact) mass is 379 g/mol. The van der Waals surface area contributed by atoms with E-state index in [1.807, 2.05) is 20.8 Å². The molecule has 7 nitrogen and oxygen atoms in total. The van der Waals surface area contributed by atoms with Gasteiger partial charge in [-0.1, -0.05) is 20.8 Å². The van der Waals surface area contributed by atoms with Gasteiger partial charge in [0.15, 0.2) is 5.13 Å². The van der Waals surface area contributed by atoms with Crippen molar-refractivity contribution >= 4 is 34.3 Å². The summed E-state index contributed by atoms with van der Waals surface area (Å²) in [7, 11) is 0. The quantitative estimate of drug-likeness (QED) is 0.617. The molecule has 0 radical (unpaired) electrons. The fraction of sp³-hybridized carbons (Fsp3) is 0.667. The molecule has 3 atom stereocenters. The second-order valence-corrected chi connectivity index (χ2v) is 8.94. The van der Waals surface area contributed by atoms with Crippen molar-refractivity contribution in [1.82, 2.24) is 10.3 Å². The third-order valence-corrected chi connectivity index (χ3v) is 6.14. The highest BCUT2D eigenvalue weighted by Crippen LogP contribution is 2.40. The lowest BCUT2D eigenvalue weighted by Gasteiger charge is -2.29. The molecule has 26 heavy (non-hydrogen) atoms. The Bertz CT molecular complexity index is 737. The van der Waals surface area contributed by atoms with Crippen LogP contribution in [0.3, 0.4) is 0 Å². The van der Waals surface area contributed by atoms with Crippen LogP contribution < -0.4 is 10.6 Å². The van der Waals surface area contributed by atoms with Crippen molar-refractivity contribution in [1.29, 1.82) is 0 Å². The number of carbonyl (C=O) groups excluding carboxylic acids is 3. The van der Waals surface area contributed by atoms with E-state index in [9.17, 15) is 14.4 Å². The van der Waals surface area contributed by atoms with Crippen LogP contribution in [0, 0.1) is 17.3 Å². The highest BCUT2D eigenvalue weighted by Gasteiger charge is 2.46. The largest absolute Gasteiger partial charge is 0.465 e. The van der Waals surface area contributed by atoms with Gasteiger partial charge in [-0.2, -0.15) is 0 Å². The number of esters is 1. The van der Waals surface area contributed by atoms with E-state index in [2.05, 4.69) is 15.6 Å². The molecular formula is C18H25N3O4S. The number of carbonyl (C=O) groups is 3. The summed E-state index contributed by atoms with van der Waals surface area (Å²) in [6, 6.07) is 0. The molecule has 0 spiro atoms. The summed E-state index contributed by atoms with van der Waals surface area (Å²) in [6.07, 6.45) is 1.44. The van der Waals surface area contributed by atoms with Gasteiger partial charge in [0, 0.05) is 17.3 Å². The zero-order valence-electron chi connectivity index (χ0n) is 15.5. The Kier molecular flexibility index (Phi) is 5.05. The Morgan fingerprint density at radius 1 is 1.38 bits per heavy atom. The van der Waals surface area contributed by atoms with Gasteiger partial charge in [0.1, 0.15) is 11.8 Å². The van der Waals surface area contributed by atoms with E-state index in [4.69, 9.17) is 4.74 Å². The summed E-state index contributed by atoms with van der Waals surface area (Å²) >= 11 is 1.38. The van der Waals surface area contributed by atoms with Gasteiger partial charge >= 0.3 is 5.97 Å². The van der Waals surface area contributed by atoms with Gasteiger partial charge in [0.05, 0.1) is 12.3 Å². The number of anilines is 1. The second kappa shape index (κ2) is 6.98. The minimum absolute atomic E-state index is 0.0749. The predicted molar refractivity (Wildman–Crippen MR) is 97.9 cm³/mol. The molecule has 2 aliphatic rings. The van der Waals surface area contributed by atoms with Crippen molar-refractivity contribution in [3.63, 3.8) is 0 Å². The van der Waals surface area contributed by atoms with Crippen LogP contribution in [-0.4, -0.2) is 35.9 Å². The van der Waals surface area contributed by atoms with Crippen molar-refractivity contribution in [2.75, 3.05) is 18.5 Å². The first-order valence-corrected chi connectivity index (χ1v) is 9.78. The molecule has 2 N–H and O–H groups in total. The number of hydrogen-bond donors (Lipinski definition) is 2. The molecule has 142 valence electrons. The van der Waals surface area contributed by atoms with E-state index in [1.54, 1.807) is 6.92 Å². The summed E-state index contributed by atoms with van der Waals surface area (Å²) in [5, 5.41) is 6.03. The van der Waals surface area contributed by atoms with Gasteiger partial charge in [-0.25, -0.2) is 4.98 Å². The third kappa shape index (κ3) is 3.47. The van der Waals surface area contributed by atoms with Gasteiger partial charge < -0.3 is 15.4 Å². The first-order chi connectivity index (χ1) is 12.2. The number of thiazole rings is 1. The lowest BCUT2D eigenvalue weighted by molar-refractivity contribution is -0.145. The lowest BCUT2D eigenvalue weighted by atomic mass is 9.74. The highest BCUT2D eigenvalue weighted by molar-refractivity contribution is 7.16. The summed E-state index contributed by atoms with van der Waals surface area (Å²) in [4.78, 5) is 42.4. The molecule has 1 aromatic rings. The van der Waals surface area contributed by atoms with E-state index in [0.717, 1.165) is 11.3 Å². The maximum atomic E-state index is 12.7. The maximum absolute atomic E-state index is 12.7. The normalized spacial score (nSPS) is 24.9. The smallest absolute Gasteiger partial charge is 0.315 e. The average molecular weight is 379 g/mol. The fourth-order valence-corrected chi connectivity index (χ4v) is 4.71. The summed E-state index contributed by atoms with van der Waals surface area (Å²) in [6.45, 7) is 8.70. The molecule has 3 rings (SSSR count). The Morgan fingerprint density at radius 2 is 2.12 bits per heavy atom. The number of fused-ring (bicyclic) bond motifs is 1. The van der Waals surface area contributed by atoms with Crippen LogP contribution in [0.25, 0.3) is 0 Å². The van der Waals surface area contributed by atoms with Crippen molar-refractivity contribution < 1.29 is 19.1 Å². The van der Waals surface area contributed by atoms with Crippen LogP contribution in [0.1, 0.15) is 50.6 Å². The van der Waals surface area contributed by atoms with E-state index in [-0.39, 0.29) is 35.0 Å². The Morgan fingerprint density at radius 3 is 2.77 bits per heavy atom. The number of aryl methyl sites for hydroxylation is 1. The Balaban J connectivity index is 1.74. The number of nitrogens with zero attached hydrogens (tertiary/aromatic N) is 1. The van der Waals surface area contributed by atoms with Gasteiger partial charge in [0.25, 0.3) is 0 Å². The average Bonchev–Trinajstić information content (AvgIpc) is 3.20. The van der Waals surface area contributed by atoms with Gasteiger partial charge in [-0.3, -0.25) is 14.4 Å². The number of hydrogen-bond acceptors (Lipinski definition) is 6. The number of ether oxygens (including phenoxy) is 1. The predicted octanol–water partition coefficient (Wildman–Crippen LogP) is 2.08. The van der Waals surface area contributed by atoms with Crippen LogP contribution in [-0.2, 0) is 25.5 Å². The van der Waals surface area contributed by atoms with Crippen LogP contribution in [0.5, 0.6) is 0 Å². The number of rotatable bonds is 4. The van der Waals surface area contributed by atoms with E-state index < -0.39 is 5.92 Å². The molecular weight excluding hydrogens is 354 g/mol. The molecule has 2 amide bonds. The van der Waals surface area contributed by atoms with E-state index in [1.165, 1.54) is 11.3 Å². The highest BCUT2D eigenvalue weighted by atomic mass is 32.1. The van der Waals surface area contributed by atoms with Crippen LogP contribution in [0.2, 0.25) is 0 Å². The van der Waals surface area contributed by atoms with Crippen LogP contribution >= 0.6 is 11.3 Å². The van der Waals surface area contributed by atoms with Crippen molar-refractivity contribution in [2.24, 2.45) is 17.3 Å². The van der Waals surface area contributed by atoms with Crippen LogP contribution in [0.4, 0.5) is 5.13 Å². The first-order valence-electron chi connectivity index (χ1n) is 8.97. The van der Waals surface area contributed by atoms with Crippen molar-refractivity contribution in [3.8, 4) is 0 Å². The third-order valence-electron chi connectivity index (χ3n) is 5.09. The standard InChI is InChI=1S/C18H25N3O4S/c1-5-25-16(24)9-6-7-11-13(9)20-17(26-11)21-15(23)12-10(18(2,3)4)8-19-14(12)22/h9-10,12H,5-8H2,1-4H3,(H,19,22)(H,20,21,23). The van der Waals surface area contributed by atoms with E-state index in [0.29, 0.717) is 30.4 Å². The minimum Gasteiger partial charge on any atom is -0.465 e. The molecule has 0 aromatic carbocycles. The topological polar surface area (TPSA) is 97.4 Å². The van der Waals surface area contributed by atoms with Crippen molar-refractivity contribution in [2.45, 2.75) is 46.5 Å².